The van der Waals surface area contributed by atoms with Gasteiger partial charge in [-0.25, -0.2) is 9.67 Å². The number of hydrogen-bond acceptors (Lipinski definition) is 3. The van der Waals surface area contributed by atoms with Gasteiger partial charge in [-0.2, -0.15) is 19.0 Å². The van der Waals surface area contributed by atoms with Crippen LogP contribution in [0.1, 0.15) is 32.0 Å². The molecule has 0 aliphatic heterocycles. The molecule has 0 saturated heterocycles. The molecule has 3 rings (SSSR count). The number of imidazole rings is 1. The van der Waals surface area contributed by atoms with Crippen molar-refractivity contribution in [2.45, 2.75) is 26.3 Å². The van der Waals surface area contributed by atoms with Crippen molar-refractivity contribution in [3.8, 4) is 16.9 Å². The molecular formula is C13H14F2N6. The van der Waals surface area contributed by atoms with Crippen molar-refractivity contribution in [1.29, 1.82) is 0 Å². The fourth-order valence-corrected chi connectivity index (χ4v) is 2.10. The second-order valence-electron chi connectivity index (χ2n) is 4.98. The summed E-state index contributed by atoms with van der Waals surface area (Å²) in [6.45, 7) is 1.46. The standard InChI is InChI=1S/C13H14F2N6/c1-8(2)12-11(4-17-19-12)20-6-10(16-7-20)9-3-18-21(5-9)13(14)15/h3-8,13H,1-2H3,(H,17,19). The Morgan fingerprint density at radius 3 is 2.67 bits per heavy atom. The molecule has 0 saturated carbocycles. The molecule has 0 atom stereocenters. The van der Waals surface area contributed by atoms with Crippen molar-refractivity contribution in [3.63, 3.8) is 0 Å². The first kappa shape index (κ1) is 13.5. The minimum Gasteiger partial charge on any atom is -0.302 e. The van der Waals surface area contributed by atoms with E-state index in [1.807, 2.05) is 4.57 Å². The van der Waals surface area contributed by atoms with Gasteiger partial charge in [0, 0.05) is 18.0 Å². The lowest BCUT2D eigenvalue weighted by atomic mass is 10.1. The molecule has 0 fully saturated rings. The molecule has 0 radical (unpaired) electrons. The quantitative estimate of drug-likeness (QED) is 0.804. The van der Waals surface area contributed by atoms with Gasteiger partial charge in [0.15, 0.2) is 0 Å². The molecule has 0 aromatic carbocycles. The largest absolute Gasteiger partial charge is 0.333 e. The number of nitrogens with zero attached hydrogens (tertiary/aromatic N) is 5. The second-order valence-corrected chi connectivity index (χ2v) is 4.98. The molecule has 0 amide bonds. The average molecular weight is 292 g/mol. The highest BCUT2D eigenvalue weighted by Gasteiger charge is 2.14. The Kier molecular flexibility index (Phi) is 3.28. The summed E-state index contributed by atoms with van der Waals surface area (Å²) < 4.78 is 27.5. The number of nitrogens with one attached hydrogen (secondary N) is 1. The normalized spacial score (nSPS) is 11.7. The van der Waals surface area contributed by atoms with Crippen LogP contribution in [0, 0.1) is 0 Å². The van der Waals surface area contributed by atoms with Gasteiger partial charge in [-0.15, -0.1) is 0 Å². The fraction of sp³-hybridized carbons (Fsp3) is 0.308. The lowest BCUT2D eigenvalue weighted by molar-refractivity contribution is 0.0566. The van der Waals surface area contributed by atoms with Gasteiger partial charge in [0.25, 0.3) is 0 Å². The van der Waals surface area contributed by atoms with Crippen LogP contribution >= 0.6 is 0 Å². The van der Waals surface area contributed by atoms with Crippen molar-refractivity contribution < 1.29 is 8.78 Å². The first-order valence-corrected chi connectivity index (χ1v) is 6.46. The summed E-state index contributed by atoms with van der Waals surface area (Å²) in [5, 5.41) is 10.6. The zero-order valence-electron chi connectivity index (χ0n) is 11.5. The summed E-state index contributed by atoms with van der Waals surface area (Å²) in [6, 6.07) is 0. The number of aromatic nitrogens is 6. The minimum atomic E-state index is -2.65. The molecule has 0 bridgehead atoms. The van der Waals surface area contributed by atoms with Gasteiger partial charge in [0.1, 0.15) is 6.33 Å². The third-order valence-corrected chi connectivity index (χ3v) is 3.18. The molecule has 21 heavy (non-hydrogen) atoms. The molecule has 1 N–H and O–H groups in total. The molecule has 8 heteroatoms. The van der Waals surface area contributed by atoms with Gasteiger partial charge in [0.05, 0.1) is 29.5 Å². The number of H-pyrrole nitrogens is 1. The zero-order valence-corrected chi connectivity index (χ0v) is 11.5. The van der Waals surface area contributed by atoms with Crippen LogP contribution in [-0.4, -0.2) is 29.5 Å². The summed E-state index contributed by atoms with van der Waals surface area (Å²) in [5.74, 6) is 0.287. The number of hydrogen-bond donors (Lipinski definition) is 1. The van der Waals surface area contributed by atoms with Crippen LogP contribution in [0.3, 0.4) is 0 Å². The van der Waals surface area contributed by atoms with Crippen molar-refractivity contribution in [3.05, 3.63) is 36.8 Å². The highest BCUT2D eigenvalue weighted by molar-refractivity contribution is 5.57. The number of halogens is 2. The van der Waals surface area contributed by atoms with E-state index in [1.54, 1.807) is 18.7 Å². The molecule has 0 unspecified atom stereocenters. The average Bonchev–Trinajstić information content (AvgIpc) is 3.17. The van der Waals surface area contributed by atoms with E-state index in [9.17, 15) is 8.78 Å². The van der Waals surface area contributed by atoms with Crippen LogP contribution < -0.4 is 0 Å². The van der Waals surface area contributed by atoms with E-state index in [0.717, 1.165) is 11.4 Å². The van der Waals surface area contributed by atoms with Crippen molar-refractivity contribution in [2.75, 3.05) is 0 Å². The van der Waals surface area contributed by atoms with Gasteiger partial charge >= 0.3 is 6.55 Å². The van der Waals surface area contributed by atoms with E-state index in [2.05, 4.69) is 34.1 Å². The third kappa shape index (κ3) is 2.44. The Balaban J connectivity index is 1.94. The molecule has 110 valence electrons. The summed E-state index contributed by atoms with van der Waals surface area (Å²) in [4.78, 5) is 4.24. The van der Waals surface area contributed by atoms with Crippen molar-refractivity contribution in [2.24, 2.45) is 0 Å². The highest BCUT2D eigenvalue weighted by Crippen LogP contribution is 2.23. The Bertz CT molecular complexity index is 739. The predicted octanol–water partition coefficient (Wildman–Crippen LogP) is 2.98. The summed E-state index contributed by atoms with van der Waals surface area (Å²) >= 11 is 0. The van der Waals surface area contributed by atoms with E-state index >= 15 is 0 Å². The zero-order chi connectivity index (χ0) is 15.0. The van der Waals surface area contributed by atoms with Crippen LogP contribution in [-0.2, 0) is 0 Å². The topological polar surface area (TPSA) is 64.3 Å². The molecular weight excluding hydrogens is 278 g/mol. The first-order chi connectivity index (χ1) is 10.1. The maximum atomic E-state index is 12.5. The van der Waals surface area contributed by atoms with Crippen LogP contribution in [0.4, 0.5) is 8.78 Å². The molecule has 3 heterocycles. The monoisotopic (exact) mass is 292 g/mol. The van der Waals surface area contributed by atoms with Crippen LogP contribution in [0.5, 0.6) is 0 Å². The molecule has 3 aromatic heterocycles. The maximum Gasteiger partial charge on any atom is 0.333 e. The van der Waals surface area contributed by atoms with Gasteiger partial charge in [-0.05, 0) is 5.92 Å². The Morgan fingerprint density at radius 2 is 2.00 bits per heavy atom. The highest BCUT2D eigenvalue weighted by atomic mass is 19.3. The lowest BCUT2D eigenvalue weighted by Gasteiger charge is -2.05. The van der Waals surface area contributed by atoms with E-state index in [4.69, 9.17) is 0 Å². The van der Waals surface area contributed by atoms with Crippen LogP contribution in [0.15, 0.2) is 31.1 Å². The Hall–Kier alpha value is -2.51. The molecule has 0 aliphatic carbocycles. The summed E-state index contributed by atoms with van der Waals surface area (Å²) in [7, 11) is 0. The van der Waals surface area contributed by atoms with E-state index in [0.29, 0.717) is 15.9 Å². The van der Waals surface area contributed by atoms with Gasteiger partial charge < -0.3 is 4.57 Å². The second kappa shape index (κ2) is 5.12. The van der Waals surface area contributed by atoms with Gasteiger partial charge in [-0.1, -0.05) is 13.8 Å². The Labute approximate surface area is 119 Å². The molecule has 0 aliphatic rings. The van der Waals surface area contributed by atoms with Crippen molar-refractivity contribution >= 4 is 0 Å². The van der Waals surface area contributed by atoms with E-state index in [-0.39, 0.29) is 5.92 Å². The molecule has 6 nitrogen and oxygen atoms in total. The minimum absolute atomic E-state index is 0.287. The first-order valence-electron chi connectivity index (χ1n) is 6.46. The number of rotatable bonds is 4. The van der Waals surface area contributed by atoms with E-state index in [1.165, 1.54) is 12.4 Å². The van der Waals surface area contributed by atoms with Gasteiger partial charge in [0.2, 0.25) is 0 Å². The SMILES string of the molecule is CC(C)c1[nH]ncc1-n1cnc(-c2cnn(C(F)F)c2)c1. The fourth-order valence-electron chi connectivity index (χ4n) is 2.10. The maximum absolute atomic E-state index is 12.5. The number of alkyl halides is 2. The summed E-state index contributed by atoms with van der Waals surface area (Å²) in [5.41, 5.74) is 3.01. The molecule has 0 spiro atoms. The van der Waals surface area contributed by atoms with E-state index < -0.39 is 6.55 Å². The lowest BCUT2D eigenvalue weighted by Crippen LogP contribution is -1.97. The number of aromatic amines is 1. The third-order valence-electron chi connectivity index (χ3n) is 3.18. The summed E-state index contributed by atoms with van der Waals surface area (Å²) in [6.07, 6.45) is 7.76. The smallest absolute Gasteiger partial charge is 0.302 e. The van der Waals surface area contributed by atoms with Gasteiger partial charge in [-0.3, -0.25) is 5.10 Å². The van der Waals surface area contributed by atoms with Crippen LogP contribution in [0.25, 0.3) is 16.9 Å². The Morgan fingerprint density at radius 1 is 1.19 bits per heavy atom. The van der Waals surface area contributed by atoms with Crippen molar-refractivity contribution in [1.82, 2.24) is 29.5 Å². The predicted molar refractivity (Wildman–Crippen MR) is 72.3 cm³/mol. The van der Waals surface area contributed by atoms with Crippen LogP contribution in [0.2, 0.25) is 0 Å². The molecule has 3 aromatic rings.